The number of carbonyl (C=O) groups is 1. The van der Waals surface area contributed by atoms with Crippen LogP contribution in [0.1, 0.15) is 67.3 Å². The minimum atomic E-state index is -0.616. The van der Waals surface area contributed by atoms with Gasteiger partial charge in [0.2, 0.25) is 0 Å². The van der Waals surface area contributed by atoms with E-state index in [9.17, 15) is 20.1 Å². The van der Waals surface area contributed by atoms with E-state index in [1.165, 1.54) is 12.1 Å². The number of rotatable bonds is 5. The monoisotopic (exact) mass is 408 g/mol. The number of carbonyl (C=O) groups excluding carboxylic acids is 1. The van der Waals surface area contributed by atoms with Crippen molar-refractivity contribution in [2.75, 3.05) is 0 Å². The Morgan fingerprint density at radius 2 is 1.67 bits per heavy atom. The molecule has 2 aromatic carbocycles. The van der Waals surface area contributed by atoms with Crippen molar-refractivity contribution in [3.8, 4) is 23.0 Å². The first-order valence-corrected chi connectivity index (χ1v) is 10.0. The van der Waals surface area contributed by atoms with Gasteiger partial charge in [0.15, 0.2) is 17.3 Å². The van der Waals surface area contributed by atoms with Crippen LogP contribution in [0.15, 0.2) is 47.6 Å². The predicted octanol–water partition coefficient (Wildman–Crippen LogP) is 5.53. The van der Waals surface area contributed by atoms with Gasteiger partial charge in [-0.2, -0.15) is 0 Å². The first-order chi connectivity index (χ1) is 14.2. The van der Waals surface area contributed by atoms with E-state index in [4.69, 9.17) is 4.74 Å². The van der Waals surface area contributed by atoms with Gasteiger partial charge in [-0.25, -0.2) is 0 Å². The van der Waals surface area contributed by atoms with E-state index < -0.39 is 6.10 Å². The molecule has 158 valence electrons. The Morgan fingerprint density at radius 3 is 2.33 bits per heavy atom. The van der Waals surface area contributed by atoms with Gasteiger partial charge < -0.3 is 20.1 Å². The summed E-state index contributed by atoms with van der Waals surface area (Å²) in [6.07, 6.45) is 4.33. The summed E-state index contributed by atoms with van der Waals surface area (Å²) >= 11 is 0. The molecule has 0 aromatic heterocycles. The average Bonchev–Trinajstić information content (AvgIpc) is 2.67. The lowest BCUT2D eigenvalue weighted by Crippen LogP contribution is -2.21. The van der Waals surface area contributed by atoms with Gasteiger partial charge in [0.25, 0.3) is 0 Å². The fraction of sp³-hybridized carbons (Fsp3) is 0.320. The number of hydrogen-bond acceptors (Lipinski definition) is 5. The highest BCUT2D eigenvalue weighted by Gasteiger charge is 2.31. The molecule has 1 heterocycles. The highest BCUT2D eigenvalue weighted by molar-refractivity contribution is 6.00. The molecule has 0 radical (unpaired) electrons. The maximum Gasteiger partial charge on any atom is 0.170 e. The van der Waals surface area contributed by atoms with E-state index in [-0.39, 0.29) is 29.5 Å². The standard InChI is InChI=1S/C25H28O5/c1-14(2)5-7-16-11-17(12-22(28)24(16)29)23-13-21(27)19-9-10-20(26)18(25(19)30-23)8-6-15(3)4/h5-6,9-12,23,26,28-29H,7-8,13H2,1-4H3/t23-/m1/s1. The van der Waals surface area contributed by atoms with Crippen LogP contribution < -0.4 is 4.74 Å². The van der Waals surface area contributed by atoms with Crippen molar-refractivity contribution in [2.24, 2.45) is 0 Å². The van der Waals surface area contributed by atoms with Gasteiger partial charge in [-0.3, -0.25) is 4.79 Å². The Kier molecular flexibility index (Phi) is 6.20. The Balaban J connectivity index is 2.02. The molecule has 0 aliphatic carbocycles. The molecule has 0 bridgehead atoms. The number of hydrogen-bond donors (Lipinski definition) is 3. The molecule has 0 fully saturated rings. The molecule has 5 nitrogen and oxygen atoms in total. The topological polar surface area (TPSA) is 87.0 Å². The number of fused-ring (bicyclic) bond motifs is 1. The first-order valence-electron chi connectivity index (χ1n) is 10.0. The average molecular weight is 408 g/mol. The molecule has 3 rings (SSSR count). The van der Waals surface area contributed by atoms with Crippen molar-refractivity contribution in [3.05, 3.63) is 69.8 Å². The molecule has 1 aliphatic heterocycles. The van der Waals surface area contributed by atoms with Crippen LogP contribution in [-0.2, 0) is 12.8 Å². The largest absolute Gasteiger partial charge is 0.508 e. The summed E-state index contributed by atoms with van der Waals surface area (Å²) in [7, 11) is 0. The summed E-state index contributed by atoms with van der Waals surface area (Å²) in [5.41, 5.74) is 4.38. The Bertz CT molecular complexity index is 1040. The number of aromatic hydroxyl groups is 3. The minimum Gasteiger partial charge on any atom is -0.508 e. The number of benzene rings is 2. The van der Waals surface area contributed by atoms with Crippen LogP contribution >= 0.6 is 0 Å². The normalized spacial score (nSPS) is 15.2. The summed E-state index contributed by atoms with van der Waals surface area (Å²) in [6.45, 7) is 7.85. The van der Waals surface area contributed by atoms with E-state index in [0.717, 1.165) is 11.1 Å². The van der Waals surface area contributed by atoms with Crippen molar-refractivity contribution in [3.63, 3.8) is 0 Å². The van der Waals surface area contributed by atoms with Gasteiger partial charge in [-0.15, -0.1) is 0 Å². The molecule has 2 aromatic rings. The number of Topliss-reactive ketones (excluding diaryl/α,β-unsaturated/α-hetero) is 1. The van der Waals surface area contributed by atoms with Crippen molar-refractivity contribution < 1.29 is 24.9 Å². The zero-order chi connectivity index (χ0) is 22.0. The van der Waals surface area contributed by atoms with E-state index in [1.54, 1.807) is 12.1 Å². The summed E-state index contributed by atoms with van der Waals surface area (Å²) in [5, 5.41) is 30.8. The summed E-state index contributed by atoms with van der Waals surface area (Å²) in [5.74, 6) is -0.0318. The lowest BCUT2D eigenvalue weighted by molar-refractivity contribution is 0.0847. The molecular formula is C25H28O5. The summed E-state index contributed by atoms with van der Waals surface area (Å²) in [4.78, 5) is 12.8. The lowest BCUT2D eigenvalue weighted by Gasteiger charge is -2.28. The van der Waals surface area contributed by atoms with Crippen LogP contribution in [0.2, 0.25) is 0 Å². The van der Waals surface area contributed by atoms with Crippen LogP contribution in [0, 0.1) is 0 Å². The minimum absolute atomic E-state index is 0.0810. The van der Waals surface area contributed by atoms with Gasteiger partial charge in [-0.05, 0) is 70.4 Å². The molecule has 1 atom stereocenters. The fourth-order valence-corrected chi connectivity index (χ4v) is 3.48. The van der Waals surface area contributed by atoms with Crippen LogP contribution in [0.5, 0.6) is 23.0 Å². The SMILES string of the molecule is CC(C)=CCc1cc([C@H]2CC(=O)c3ccc(O)c(CC=C(C)C)c3O2)cc(O)c1O. The van der Waals surface area contributed by atoms with E-state index in [2.05, 4.69) is 0 Å². The van der Waals surface area contributed by atoms with Gasteiger partial charge in [0, 0.05) is 11.1 Å². The Hall–Kier alpha value is -3.21. The molecule has 30 heavy (non-hydrogen) atoms. The summed E-state index contributed by atoms with van der Waals surface area (Å²) in [6, 6.07) is 6.31. The molecule has 0 spiro atoms. The lowest BCUT2D eigenvalue weighted by atomic mass is 9.92. The molecule has 3 N–H and O–H groups in total. The Morgan fingerprint density at radius 1 is 1.00 bits per heavy atom. The van der Waals surface area contributed by atoms with E-state index >= 15 is 0 Å². The smallest absolute Gasteiger partial charge is 0.170 e. The van der Waals surface area contributed by atoms with Gasteiger partial charge in [0.05, 0.1) is 12.0 Å². The number of allylic oxidation sites excluding steroid dienone is 4. The number of phenolic OH excluding ortho intramolecular Hbond substituents is 3. The molecule has 0 unspecified atom stereocenters. The second-order valence-electron chi connectivity index (χ2n) is 8.19. The number of ether oxygens (including phenoxy) is 1. The van der Waals surface area contributed by atoms with E-state index in [1.807, 2.05) is 39.8 Å². The zero-order valence-electron chi connectivity index (χ0n) is 17.8. The number of phenols is 3. The third-order valence-corrected chi connectivity index (χ3v) is 5.17. The third kappa shape index (κ3) is 4.51. The van der Waals surface area contributed by atoms with Gasteiger partial charge in [0.1, 0.15) is 17.6 Å². The second-order valence-corrected chi connectivity index (χ2v) is 8.19. The van der Waals surface area contributed by atoms with Crippen molar-refractivity contribution in [1.82, 2.24) is 0 Å². The van der Waals surface area contributed by atoms with Crippen LogP contribution in [0.4, 0.5) is 0 Å². The first kappa shape index (κ1) is 21.5. The molecule has 1 aliphatic rings. The number of ketones is 1. The zero-order valence-corrected chi connectivity index (χ0v) is 17.8. The molecule has 5 heteroatoms. The highest BCUT2D eigenvalue weighted by atomic mass is 16.5. The van der Waals surface area contributed by atoms with Crippen molar-refractivity contribution in [2.45, 2.75) is 53.1 Å². The maximum absolute atomic E-state index is 12.8. The third-order valence-electron chi connectivity index (χ3n) is 5.17. The maximum atomic E-state index is 12.8. The molecule has 0 saturated heterocycles. The second kappa shape index (κ2) is 8.66. The van der Waals surface area contributed by atoms with Gasteiger partial charge in [-0.1, -0.05) is 23.3 Å². The van der Waals surface area contributed by atoms with Crippen LogP contribution in [-0.4, -0.2) is 21.1 Å². The van der Waals surface area contributed by atoms with Crippen molar-refractivity contribution >= 4 is 5.78 Å². The van der Waals surface area contributed by atoms with Crippen LogP contribution in [0.25, 0.3) is 0 Å². The van der Waals surface area contributed by atoms with Crippen LogP contribution in [0.3, 0.4) is 0 Å². The Labute approximate surface area is 177 Å². The quantitative estimate of drug-likeness (QED) is 0.447. The molecular weight excluding hydrogens is 380 g/mol. The molecule has 0 amide bonds. The predicted molar refractivity (Wildman–Crippen MR) is 116 cm³/mol. The fourth-order valence-electron chi connectivity index (χ4n) is 3.48. The van der Waals surface area contributed by atoms with E-state index in [0.29, 0.717) is 40.8 Å². The molecule has 0 saturated carbocycles. The van der Waals surface area contributed by atoms with Crippen molar-refractivity contribution in [1.29, 1.82) is 0 Å². The highest BCUT2D eigenvalue weighted by Crippen LogP contribution is 2.43. The van der Waals surface area contributed by atoms with Gasteiger partial charge >= 0.3 is 0 Å². The summed E-state index contributed by atoms with van der Waals surface area (Å²) < 4.78 is 6.19.